The zero-order valence-electron chi connectivity index (χ0n) is 12.2. The smallest absolute Gasteiger partial charge is 0.0976 e. The monoisotopic (exact) mass is 345 g/mol. The fourth-order valence-electron chi connectivity index (χ4n) is 1.81. The van der Waals surface area contributed by atoms with Gasteiger partial charge in [-0.15, -0.1) is 0 Å². The van der Waals surface area contributed by atoms with Gasteiger partial charge in [0, 0.05) is 17.6 Å². The first-order valence-corrected chi connectivity index (χ1v) is 7.67. The zero-order chi connectivity index (χ0) is 14.8. The zero-order valence-corrected chi connectivity index (χ0v) is 13.8. The summed E-state index contributed by atoms with van der Waals surface area (Å²) in [5.41, 5.74) is 7.25. The first-order chi connectivity index (χ1) is 9.69. The van der Waals surface area contributed by atoms with Gasteiger partial charge in [0.2, 0.25) is 0 Å². The van der Waals surface area contributed by atoms with Crippen LogP contribution in [0.5, 0.6) is 0 Å². The molecule has 0 aromatic heterocycles. The molecule has 0 bridgehead atoms. The Bertz CT molecular complexity index is 359. The summed E-state index contributed by atoms with van der Waals surface area (Å²) in [6.07, 6.45) is 0.768. The van der Waals surface area contributed by atoms with E-state index in [4.69, 9.17) is 19.9 Å². The van der Waals surface area contributed by atoms with Crippen molar-refractivity contribution in [1.29, 1.82) is 0 Å². The summed E-state index contributed by atoms with van der Waals surface area (Å²) in [5.74, 6) is 0. The van der Waals surface area contributed by atoms with Crippen LogP contribution in [-0.4, -0.2) is 39.6 Å². The highest BCUT2D eigenvalue weighted by atomic mass is 79.9. The van der Waals surface area contributed by atoms with Crippen LogP contribution < -0.4 is 5.73 Å². The fraction of sp³-hybridized carbons (Fsp3) is 0.600. The molecule has 0 aliphatic heterocycles. The lowest BCUT2D eigenvalue weighted by atomic mass is 10.0. The first kappa shape index (κ1) is 17.6. The molecule has 0 aliphatic carbocycles. The van der Waals surface area contributed by atoms with Gasteiger partial charge < -0.3 is 19.9 Å². The van der Waals surface area contributed by atoms with Crippen LogP contribution in [0, 0.1) is 0 Å². The number of rotatable bonds is 10. The summed E-state index contributed by atoms with van der Waals surface area (Å²) in [5, 5.41) is 0. The van der Waals surface area contributed by atoms with Crippen LogP contribution in [0.4, 0.5) is 0 Å². The van der Waals surface area contributed by atoms with E-state index >= 15 is 0 Å². The number of halogens is 1. The van der Waals surface area contributed by atoms with Gasteiger partial charge in [-0.05, 0) is 24.1 Å². The maximum Gasteiger partial charge on any atom is 0.0976 e. The van der Waals surface area contributed by atoms with Crippen LogP contribution >= 0.6 is 15.9 Å². The Morgan fingerprint density at radius 3 is 2.35 bits per heavy atom. The predicted octanol–water partition coefficient (Wildman–Crippen LogP) is 2.91. The van der Waals surface area contributed by atoms with Crippen LogP contribution in [0.3, 0.4) is 0 Å². The molecule has 0 saturated carbocycles. The van der Waals surface area contributed by atoms with Crippen LogP contribution in [0.25, 0.3) is 0 Å². The Hall–Kier alpha value is -0.460. The Kier molecular flexibility index (Phi) is 9.05. The third-order valence-corrected chi connectivity index (χ3v) is 3.54. The minimum Gasteiger partial charge on any atom is -0.382 e. The number of hydrogen-bond donors (Lipinski definition) is 1. The van der Waals surface area contributed by atoms with Gasteiger partial charge in [0.15, 0.2) is 0 Å². The standard InChI is InChI=1S/C15H24BrNO3/c1-3-14(17)15(12-4-6-13(16)7-5-12)20-11-10-19-9-8-18-2/h4-7,14-15H,3,8-11,17H2,1-2H3. The van der Waals surface area contributed by atoms with Crippen molar-refractivity contribution in [3.05, 3.63) is 34.3 Å². The van der Waals surface area contributed by atoms with Crippen molar-refractivity contribution in [2.75, 3.05) is 33.5 Å². The summed E-state index contributed by atoms with van der Waals surface area (Å²) in [7, 11) is 1.66. The molecule has 0 aliphatic rings. The van der Waals surface area contributed by atoms with Gasteiger partial charge in [-0.3, -0.25) is 0 Å². The normalized spacial score (nSPS) is 14.2. The number of ether oxygens (including phenoxy) is 3. The summed E-state index contributed by atoms with van der Waals surface area (Å²) in [6, 6.07) is 8.06. The highest BCUT2D eigenvalue weighted by Gasteiger charge is 2.19. The van der Waals surface area contributed by atoms with E-state index in [2.05, 4.69) is 22.9 Å². The van der Waals surface area contributed by atoms with Crippen LogP contribution in [0.15, 0.2) is 28.7 Å². The number of hydrogen-bond acceptors (Lipinski definition) is 4. The third-order valence-electron chi connectivity index (χ3n) is 3.02. The van der Waals surface area contributed by atoms with E-state index in [1.165, 1.54) is 0 Å². The molecule has 5 heteroatoms. The van der Waals surface area contributed by atoms with Gasteiger partial charge in [-0.1, -0.05) is 35.0 Å². The molecule has 2 atom stereocenters. The molecule has 0 saturated heterocycles. The molecule has 0 heterocycles. The largest absolute Gasteiger partial charge is 0.382 e. The van der Waals surface area contributed by atoms with Crippen LogP contribution in [-0.2, 0) is 14.2 Å². The molecule has 0 radical (unpaired) electrons. The van der Waals surface area contributed by atoms with Gasteiger partial charge >= 0.3 is 0 Å². The maximum atomic E-state index is 6.15. The lowest BCUT2D eigenvalue weighted by Gasteiger charge is -2.24. The Morgan fingerprint density at radius 2 is 1.75 bits per heavy atom. The summed E-state index contributed by atoms with van der Waals surface area (Å²) in [6.45, 7) is 4.33. The van der Waals surface area contributed by atoms with Gasteiger partial charge in [-0.25, -0.2) is 0 Å². The minimum atomic E-state index is -0.0980. The molecule has 0 fully saturated rings. The predicted molar refractivity (Wildman–Crippen MR) is 83.8 cm³/mol. The second kappa shape index (κ2) is 10.3. The van der Waals surface area contributed by atoms with E-state index in [-0.39, 0.29) is 12.1 Å². The van der Waals surface area contributed by atoms with E-state index in [1.54, 1.807) is 7.11 Å². The van der Waals surface area contributed by atoms with Crippen molar-refractivity contribution in [2.45, 2.75) is 25.5 Å². The van der Waals surface area contributed by atoms with Gasteiger partial charge in [0.1, 0.15) is 0 Å². The van der Waals surface area contributed by atoms with Gasteiger partial charge in [-0.2, -0.15) is 0 Å². The number of benzene rings is 1. The van der Waals surface area contributed by atoms with Crippen molar-refractivity contribution in [3.63, 3.8) is 0 Å². The quantitative estimate of drug-likeness (QED) is 0.662. The molecule has 4 nitrogen and oxygen atoms in total. The van der Waals surface area contributed by atoms with E-state index in [0.29, 0.717) is 26.4 Å². The molecular formula is C15H24BrNO3. The average Bonchev–Trinajstić information content (AvgIpc) is 2.47. The highest BCUT2D eigenvalue weighted by Crippen LogP contribution is 2.23. The molecule has 20 heavy (non-hydrogen) atoms. The van der Waals surface area contributed by atoms with E-state index in [9.17, 15) is 0 Å². The SMILES string of the molecule is CCC(N)C(OCCOCCOC)c1ccc(Br)cc1. The second-order valence-electron chi connectivity index (χ2n) is 4.52. The first-order valence-electron chi connectivity index (χ1n) is 6.88. The van der Waals surface area contributed by atoms with Crippen LogP contribution in [0.1, 0.15) is 25.0 Å². The Labute approximate surface area is 129 Å². The molecule has 1 aromatic rings. The molecule has 0 spiro atoms. The summed E-state index contributed by atoms with van der Waals surface area (Å²) >= 11 is 3.43. The minimum absolute atomic E-state index is 0.0184. The molecule has 2 unspecified atom stereocenters. The van der Waals surface area contributed by atoms with E-state index in [1.807, 2.05) is 24.3 Å². The number of methoxy groups -OCH3 is 1. The summed E-state index contributed by atoms with van der Waals surface area (Å²) in [4.78, 5) is 0. The van der Waals surface area contributed by atoms with Crippen molar-refractivity contribution < 1.29 is 14.2 Å². The molecule has 114 valence electrons. The maximum absolute atomic E-state index is 6.15. The fourth-order valence-corrected chi connectivity index (χ4v) is 2.08. The lowest BCUT2D eigenvalue weighted by molar-refractivity contribution is -0.0166. The summed E-state index contributed by atoms with van der Waals surface area (Å²) < 4.78 is 17.3. The van der Waals surface area contributed by atoms with Crippen molar-refractivity contribution in [1.82, 2.24) is 0 Å². The van der Waals surface area contributed by atoms with E-state index in [0.717, 1.165) is 16.5 Å². The molecule has 0 amide bonds. The van der Waals surface area contributed by atoms with Crippen LogP contribution in [0.2, 0.25) is 0 Å². The average molecular weight is 346 g/mol. The Morgan fingerprint density at radius 1 is 1.10 bits per heavy atom. The number of nitrogens with two attached hydrogens (primary N) is 1. The third kappa shape index (κ3) is 6.33. The topological polar surface area (TPSA) is 53.7 Å². The van der Waals surface area contributed by atoms with Crippen molar-refractivity contribution in [2.24, 2.45) is 5.73 Å². The Balaban J connectivity index is 2.46. The van der Waals surface area contributed by atoms with Gasteiger partial charge in [0.25, 0.3) is 0 Å². The second-order valence-corrected chi connectivity index (χ2v) is 5.44. The molecule has 1 aromatic carbocycles. The molecule has 1 rings (SSSR count). The van der Waals surface area contributed by atoms with Crippen molar-refractivity contribution in [3.8, 4) is 0 Å². The molecule has 2 N–H and O–H groups in total. The van der Waals surface area contributed by atoms with Gasteiger partial charge in [0.05, 0.1) is 32.5 Å². The van der Waals surface area contributed by atoms with Crippen molar-refractivity contribution >= 4 is 15.9 Å². The molecular weight excluding hydrogens is 322 g/mol. The lowest BCUT2D eigenvalue weighted by Crippen LogP contribution is -2.30. The highest BCUT2D eigenvalue weighted by molar-refractivity contribution is 9.10. The van der Waals surface area contributed by atoms with E-state index < -0.39 is 0 Å².